The Bertz CT molecular complexity index is 1340. The molecule has 0 fully saturated rings. The maximum absolute atomic E-state index is 13.1. The number of thioether (sulfide) groups is 1. The van der Waals surface area contributed by atoms with E-state index in [0.717, 1.165) is 23.4 Å². The molecular weight excluding hydrogens is 463 g/mol. The Kier molecular flexibility index (Phi) is 5.79. The van der Waals surface area contributed by atoms with Gasteiger partial charge in [-0.1, -0.05) is 24.3 Å². The van der Waals surface area contributed by atoms with Gasteiger partial charge in [0.25, 0.3) is 5.91 Å². The summed E-state index contributed by atoms with van der Waals surface area (Å²) in [7, 11) is 0. The molecule has 34 heavy (non-hydrogen) atoms. The number of ether oxygens (including phenoxy) is 1. The number of rotatable bonds is 5. The van der Waals surface area contributed by atoms with Crippen LogP contribution in [0.2, 0.25) is 0 Å². The summed E-state index contributed by atoms with van der Waals surface area (Å²) in [6.45, 7) is 0. The molecule has 0 saturated carbocycles. The SMILES string of the molecule is O=C(Nc1c2c(nn1-c1ccc(Oc3ccccc3)cc1)CSC2)c1cccc(C(F)(F)F)c1. The van der Waals surface area contributed by atoms with E-state index in [2.05, 4.69) is 10.4 Å². The van der Waals surface area contributed by atoms with E-state index < -0.39 is 17.6 Å². The Morgan fingerprint density at radius 3 is 2.41 bits per heavy atom. The zero-order valence-electron chi connectivity index (χ0n) is 17.7. The van der Waals surface area contributed by atoms with E-state index in [4.69, 9.17) is 4.74 Å². The van der Waals surface area contributed by atoms with E-state index >= 15 is 0 Å². The van der Waals surface area contributed by atoms with Crippen LogP contribution in [-0.2, 0) is 17.7 Å². The number of aromatic nitrogens is 2. The highest BCUT2D eigenvalue weighted by molar-refractivity contribution is 7.98. The number of nitrogens with one attached hydrogen (secondary N) is 1. The van der Waals surface area contributed by atoms with Crippen molar-refractivity contribution in [1.82, 2.24) is 9.78 Å². The molecule has 1 aliphatic rings. The quantitative estimate of drug-likeness (QED) is 0.345. The third-order valence-electron chi connectivity index (χ3n) is 5.30. The number of para-hydroxylation sites is 1. The second-order valence-electron chi connectivity index (χ2n) is 7.62. The highest BCUT2D eigenvalue weighted by Crippen LogP contribution is 2.37. The number of anilines is 1. The van der Waals surface area contributed by atoms with Crippen molar-refractivity contribution >= 4 is 23.5 Å². The number of hydrogen-bond donors (Lipinski definition) is 1. The topological polar surface area (TPSA) is 56.2 Å². The largest absolute Gasteiger partial charge is 0.457 e. The summed E-state index contributed by atoms with van der Waals surface area (Å²) in [5.41, 5.74) is 1.46. The second kappa shape index (κ2) is 8.90. The molecule has 1 aliphatic heterocycles. The fraction of sp³-hybridized carbons (Fsp3) is 0.120. The average molecular weight is 481 g/mol. The lowest BCUT2D eigenvalue weighted by atomic mass is 10.1. The van der Waals surface area contributed by atoms with E-state index in [1.165, 1.54) is 12.1 Å². The fourth-order valence-electron chi connectivity index (χ4n) is 3.62. The van der Waals surface area contributed by atoms with Gasteiger partial charge in [-0.15, -0.1) is 0 Å². The molecule has 0 atom stereocenters. The molecule has 1 N–H and O–H groups in total. The first-order valence-corrected chi connectivity index (χ1v) is 11.5. The molecule has 0 aliphatic carbocycles. The minimum Gasteiger partial charge on any atom is -0.457 e. The van der Waals surface area contributed by atoms with Gasteiger partial charge in [0.1, 0.15) is 17.3 Å². The van der Waals surface area contributed by atoms with Gasteiger partial charge < -0.3 is 10.1 Å². The van der Waals surface area contributed by atoms with E-state index in [0.29, 0.717) is 34.5 Å². The maximum atomic E-state index is 13.1. The van der Waals surface area contributed by atoms with Gasteiger partial charge >= 0.3 is 6.18 Å². The summed E-state index contributed by atoms with van der Waals surface area (Å²) in [5, 5.41) is 7.43. The average Bonchev–Trinajstić information content (AvgIpc) is 3.42. The number of alkyl halides is 3. The van der Waals surface area contributed by atoms with Crippen molar-refractivity contribution in [2.45, 2.75) is 17.7 Å². The van der Waals surface area contributed by atoms with Gasteiger partial charge in [0.2, 0.25) is 0 Å². The Hall–Kier alpha value is -3.72. The van der Waals surface area contributed by atoms with Gasteiger partial charge in [-0.05, 0) is 54.6 Å². The molecule has 0 saturated heterocycles. The Morgan fingerprint density at radius 1 is 0.941 bits per heavy atom. The van der Waals surface area contributed by atoms with Crippen LogP contribution in [0.25, 0.3) is 5.69 Å². The lowest BCUT2D eigenvalue weighted by Gasteiger charge is -2.13. The van der Waals surface area contributed by atoms with Crippen LogP contribution in [-0.4, -0.2) is 15.7 Å². The van der Waals surface area contributed by atoms with Crippen molar-refractivity contribution in [3.8, 4) is 17.2 Å². The molecule has 0 radical (unpaired) electrons. The van der Waals surface area contributed by atoms with Gasteiger partial charge in [-0.25, -0.2) is 4.68 Å². The van der Waals surface area contributed by atoms with Gasteiger partial charge in [0.05, 0.1) is 16.9 Å². The molecular formula is C25H18F3N3O2S. The summed E-state index contributed by atoms with van der Waals surface area (Å²) in [5.74, 6) is 2.53. The number of benzene rings is 3. The van der Waals surface area contributed by atoms with Crippen molar-refractivity contribution in [3.63, 3.8) is 0 Å². The number of nitrogens with zero attached hydrogens (tertiary/aromatic N) is 2. The van der Waals surface area contributed by atoms with E-state index in [1.807, 2.05) is 42.5 Å². The first-order chi connectivity index (χ1) is 16.4. The van der Waals surface area contributed by atoms with Gasteiger partial charge in [-0.2, -0.15) is 30.0 Å². The van der Waals surface area contributed by atoms with E-state index in [9.17, 15) is 18.0 Å². The highest BCUT2D eigenvalue weighted by atomic mass is 32.2. The van der Waals surface area contributed by atoms with Crippen molar-refractivity contribution in [2.75, 3.05) is 5.32 Å². The number of fused-ring (bicyclic) bond motifs is 1. The lowest BCUT2D eigenvalue weighted by molar-refractivity contribution is -0.137. The third-order valence-corrected chi connectivity index (χ3v) is 6.27. The zero-order chi connectivity index (χ0) is 23.7. The maximum Gasteiger partial charge on any atom is 0.416 e. The number of carbonyl (C=O) groups is 1. The summed E-state index contributed by atoms with van der Waals surface area (Å²) in [4.78, 5) is 12.9. The van der Waals surface area contributed by atoms with Crippen molar-refractivity contribution in [1.29, 1.82) is 0 Å². The van der Waals surface area contributed by atoms with Crippen LogP contribution >= 0.6 is 11.8 Å². The molecule has 172 valence electrons. The monoisotopic (exact) mass is 481 g/mol. The predicted octanol–water partition coefficient (Wildman–Crippen LogP) is 6.68. The molecule has 0 bridgehead atoms. The zero-order valence-corrected chi connectivity index (χ0v) is 18.5. The number of carbonyl (C=O) groups excluding carboxylic acids is 1. The van der Waals surface area contributed by atoms with Crippen LogP contribution in [0, 0.1) is 0 Å². The molecule has 3 aromatic carbocycles. The summed E-state index contributed by atoms with van der Waals surface area (Å²) in [6, 6.07) is 21.0. The number of hydrogen-bond acceptors (Lipinski definition) is 4. The Morgan fingerprint density at radius 2 is 1.68 bits per heavy atom. The molecule has 2 heterocycles. The van der Waals surface area contributed by atoms with Crippen LogP contribution < -0.4 is 10.1 Å². The first kappa shape index (κ1) is 22.1. The first-order valence-electron chi connectivity index (χ1n) is 10.4. The second-order valence-corrected chi connectivity index (χ2v) is 8.61. The minimum absolute atomic E-state index is 0.0754. The van der Waals surface area contributed by atoms with Gasteiger partial charge in [-0.3, -0.25) is 4.79 Å². The summed E-state index contributed by atoms with van der Waals surface area (Å²) >= 11 is 1.66. The van der Waals surface area contributed by atoms with E-state index in [1.54, 1.807) is 28.6 Å². The molecule has 0 unspecified atom stereocenters. The molecule has 5 rings (SSSR count). The van der Waals surface area contributed by atoms with Gasteiger partial charge in [0.15, 0.2) is 0 Å². The number of amides is 1. The molecule has 1 aromatic heterocycles. The smallest absolute Gasteiger partial charge is 0.416 e. The normalized spacial score (nSPS) is 12.9. The molecule has 9 heteroatoms. The third kappa shape index (κ3) is 4.51. The Labute approximate surface area is 197 Å². The Balaban J connectivity index is 1.43. The molecule has 4 aromatic rings. The van der Waals surface area contributed by atoms with Crippen LogP contribution in [0.4, 0.5) is 19.0 Å². The molecule has 1 amide bonds. The highest BCUT2D eigenvalue weighted by Gasteiger charge is 2.31. The predicted molar refractivity (Wildman–Crippen MR) is 124 cm³/mol. The fourth-order valence-corrected chi connectivity index (χ4v) is 4.66. The van der Waals surface area contributed by atoms with Crippen LogP contribution in [0.3, 0.4) is 0 Å². The standard InChI is InChI=1S/C25H18F3N3O2S/c26-25(27,28)17-6-4-5-16(13-17)24(32)29-23-21-14-34-15-22(21)30-31(23)18-9-11-20(12-10-18)33-19-7-2-1-3-8-19/h1-13H,14-15H2,(H,29,32). The summed E-state index contributed by atoms with van der Waals surface area (Å²) in [6.07, 6.45) is -4.53. The minimum atomic E-state index is -4.53. The van der Waals surface area contributed by atoms with Crippen LogP contribution in [0.1, 0.15) is 27.2 Å². The molecule has 0 spiro atoms. The lowest BCUT2D eigenvalue weighted by Crippen LogP contribution is -2.17. The van der Waals surface area contributed by atoms with Crippen LogP contribution in [0.5, 0.6) is 11.5 Å². The molecule has 5 nitrogen and oxygen atoms in total. The summed E-state index contributed by atoms with van der Waals surface area (Å²) < 4.78 is 46.7. The number of halogens is 3. The van der Waals surface area contributed by atoms with E-state index in [-0.39, 0.29) is 5.56 Å². The van der Waals surface area contributed by atoms with Crippen molar-refractivity contribution in [3.05, 3.63) is 101 Å². The van der Waals surface area contributed by atoms with Crippen molar-refractivity contribution < 1.29 is 22.7 Å². The van der Waals surface area contributed by atoms with Crippen molar-refractivity contribution in [2.24, 2.45) is 0 Å². The van der Waals surface area contributed by atoms with Gasteiger partial charge in [0, 0.05) is 22.6 Å². The van der Waals surface area contributed by atoms with Crippen LogP contribution in [0.15, 0.2) is 78.9 Å².